The molecular formula is C18H19N3Si. The van der Waals surface area contributed by atoms with Crippen LogP contribution in [-0.2, 0) is 7.05 Å². The van der Waals surface area contributed by atoms with Gasteiger partial charge in [-0.1, -0.05) is 37.7 Å². The van der Waals surface area contributed by atoms with E-state index in [1.807, 2.05) is 43.6 Å². The topological polar surface area (TPSA) is 30.7 Å². The van der Waals surface area contributed by atoms with Gasteiger partial charge in [-0.25, -0.2) is 9.97 Å². The van der Waals surface area contributed by atoms with Gasteiger partial charge in [-0.15, -0.1) is 5.54 Å². The quantitative estimate of drug-likeness (QED) is 0.505. The minimum Gasteiger partial charge on any atom is -0.349 e. The van der Waals surface area contributed by atoms with Crippen molar-refractivity contribution in [3.05, 3.63) is 48.3 Å². The number of para-hydroxylation sites is 2. The maximum atomic E-state index is 4.81. The van der Waals surface area contributed by atoms with Gasteiger partial charge >= 0.3 is 0 Å². The van der Waals surface area contributed by atoms with Crippen LogP contribution in [-0.4, -0.2) is 22.6 Å². The van der Waals surface area contributed by atoms with E-state index in [-0.39, 0.29) is 0 Å². The van der Waals surface area contributed by atoms with Crippen LogP contribution in [0.2, 0.25) is 19.6 Å². The van der Waals surface area contributed by atoms with Crippen LogP contribution in [0.3, 0.4) is 0 Å². The summed E-state index contributed by atoms with van der Waals surface area (Å²) < 4.78 is 2.05. The first-order valence-electron chi connectivity index (χ1n) is 7.36. The van der Waals surface area contributed by atoms with Gasteiger partial charge in [0, 0.05) is 13.2 Å². The van der Waals surface area contributed by atoms with E-state index < -0.39 is 8.07 Å². The van der Waals surface area contributed by atoms with Gasteiger partial charge < -0.3 is 4.57 Å². The van der Waals surface area contributed by atoms with Crippen molar-refractivity contribution in [3.8, 4) is 22.9 Å². The molecule has 0 N–H and O–H groups in total. The van der Waals surface area contributed by atoms with E-state index in [1.165, 1.54) is 0 Å². The normalized spacial score (nSPS) is 11.3. The molecular weight excluding hydrogens is 286 g/mol. The molecule has 0 bridgehead atoms. The van der Waals surface area contributed by atoms with Crippen molar-refractivity contribution in [3.63, 3.8) is 0 Å². The molecule has 0 unspecified atom stereocenters. The van der Waals surface area contributed by atoms with Crippen LogP contribution >= 0.6 is 0 Å². The second kappa shape index (κ2) is 5.43. The van der Waals surface area contributed by atoms with E-state index in [0.29, 0.717) is 0 Å². The lowest BCUT2D eigenvalue weighted by Gasteiger charge is -2.08. The Balaban J connectivity index is 2.27. The minimum absolute atomic E-state index is 0.767. The Morgan fingerprint density at radius 1 is 0.955 bits per heavy atom. The highest BCUT2D eigenvalue weighted by Crippen LogP contribution is 2.23. The van der Waals surface area contributed by atoms with Crippen LogP contribution in [0.1, 0.15) is 5.69 Å². The minimum atomic E-state index is -1.46. The van der Waals surface area contributed by atoms with Crippen LogP contribution in [0.25, 0.3) is 22.4 Å². The van der Waals surface area contributed by atoms with E-state index in [9.17, 15) is 0 Å². The average molecular weight is 305 g/mol. The zero-order valence-corrected chi connectivity index (χ0v) is 14.4. The van der Waals surface area contributed by atoms with Gasteiger partial charge in [0.1, 0.15) is 19.5 Å². The largest absolute Gasteiger partial charge is 0.349 e. The molecule has 0 fully saturated rings. The summed E-state index contributed by atoms with van der Waals surface area (Å²) in [5.74, 6) is 3.29. The van der Waals surface area contributed by atoms with Gasteiger partial charge in [-0.2, -0.15) is 0 Å². The summed E-state index contributed by atoms with van der Waals surface area (Å²) in [6.07, 6.45) is 2.02. The molecule has 4 heteroatoms. The summed E-state index contributed by atoms with van der Waals surface area (Å²) in [4.78, 5) is 9.56. The van der Waals surface area contributed by atoms with Crippen LogP contribution in [0.5, 0.6) is 0 Å². The van der Waals surface area contributed by atoms with Crippen molar-refractivity contribution in [1.82, 2.24) is 14.5 Å². The summed E-state index contributed by atoms with van der Waals surface area (Å²) in [7, 11) is 0.551. The van der Waals surface area contributed by atoms with Gasteiger partial charge in [0.05, 0.1) is 16.7 Å². The number of rotatable bonds is 1. The third kappa shape index (κ3) is 2.95. The molecule has 0 saturated heterocycles. The van der Waals surface area contributed by atoms with Gasteiger partial charge in [-0.3, -0.25) is 0 Å². The fourth-order valence-corrected chi connectivity index (χ4v) is 2.71. The number of aryl methyl sites for hydroxylation is 1. The molecule has 3 rings (SSSR count). The summed E-state index contributed by atoms with van der Waals surface area (Å²) in [5, 5.41) is 0. The summed E-state index contributed by atoms with van der Waals surface area (Å²) in [5.41, 5.74) is 7.86. The van der Waals surface area contributed by atoms with Gasteiger partial charge in [0.15, 0.2) is 0 Å². The predicted molar refractivity (Wildman–Crippen MR) is 94.2 cm³/mol. The third-order valence-electron chi connectivity index (χ3n) is 3.31. The van der Waals surface area contributed by atoms with E-state index in [0.717, 1.165) is 28.1 Å². The maximum absolute atomic E-state index is 4.81. The Hall–Kier alpha value is -2.38. The Kier molecular flexibility index (Phi) is 3.59. The van der Waals surface area contributed by atoms with E-state index >= 15 is 0 Å². The van der Waals surface area contributed by atoms with Crippen molar-refractivity contribution in [2.75, 3.05) is 0 Å². The monoisotopic (exact) mass is 305 g/mol. The molecule has 0 radical (unpaired) electrons. The summed E-state index contributed by atoms with van der Waals surface area (Å²) in [6, 6.07) is 12.0. The third-order valence-corrected chi connectivity index (χ3v) is 4.19. The molecule has 3 aromatic rings. The molecule has 0 aliphatic rings. The van der Waals surface area contributed by atoms with Crippen LogP contribution in [0, 0.1) is 11.5 Å². The second-order valence-corrected chi connectivity index (χ2v) is 11.2. The van der Waals surface area contributed by atoms with Crippen molar-refractivity contribution in [2.24, 2.45) is 7.05 Å². The van der Waals surface area contributed by atoms with E-state index in [4.69, 9.17) is 9.97 Å². The standard InChI is InChI=1S/C18H19N3Si/c1-21-12-7-10-17(21)18-16(11-13-22(2,3)4)19-14-8-5-6-9-15(14)20-18/h5-10,12H,1-4H3. The molecule has 110 valence electrons. The maximum Gasteiger partial charge on any atom is 0.141 e. The molecule has 0 aliphatic carbocycles. The lowest BCUT2D eigenvalue weighted by atomic mass is 10.2. The first kappa shape index (κ1) is 14.5. The summed E-state index contributed by atoms with van der Waals surface area (Å²) in [6.45, 7) is 6.70. The van der Waals surface area contributed by atoms with Crippen LogP contribution in [0.15, 0.2) is 42.6 Å². The molecule has 0 aliphatic heterocycles. The smallest absolute Gasteiger partial charge is 0.141 e. The first-order valence-corrected chi connectivity index (χ1v) is 10.9. The molecule has 0 amide bonds. The second-order valence-electron chi connectivity index (χ2n) is 6.41. The van der Waals surface area contributed by atoms with Gasteiger partial charge in [0.25, 0.3) is 0 Å². The molecule has 3 nitrogen and oxygen atoms in total. The zero-order valence-electron chi connectivity index (χ0n) is 13.4. The lowest BCUT2D eigenvalue weighted by Crippen LogP contribution is -2.16. The Morgan fingerprint density at radius 2 is 1.64 bits per heavy atom. The van der Waals surface area contributed by atoms with Crippen LogP contribution in [0.4, 0.5) is 0 Å². The molecule has 1 aromatic carbocycles. The average Bonchev–Trinajstić information content (AvgIpc) is 2.89. The van der Waals surface area contributed by atoms with Gasteiger partial charge in [0.2, 0.25) is 0 Å². The Morgan fingerprint density at radius 3 is 2.23 bits per heavy atom. The number of hydrogen-bond donors (Lipinski definition) is 0. The molecule has 0 atom stereocenters. The van der Waals surface area contributed by atoms with Gasteiger partial charge in [-0.05, 0) is 24.3 Å². The Labute approximate surface area is 132 Å². The number of nitrogens with zero attached hydrogens (tertiary/aromatic N) is 3. The fourth-order valence-electron chi connectivity index (χ4n) is 2.22. The lowest BCUT2D eigenvalue weighted by molar-refractivity contribution is 0.929. The highest BCUT2D eigenvalue weighted by atomic mass is 28.3. The first-order chi connectivity index (χ1) is 10.4. The molecule has 22 heavy (non-hydrogen) atoms. The van der Waals surface area contributed by atoms with Crippen molar-refractivity contribution in [1.29, 1.82) is 0 Å². The fraction of sp³-hybridized carbons (Fsp3) is 0.222. The molecule has 0 saturated carbocycles. The summed E-state index contributed by atoms with van der Waals surface area (Å²) >= 11 is 0. The van der Waals surface area contributed by atoms with Crippen LogP contribution < -0.4 is 0 Å². The highest BCUT2D eigenvalue weighted by Gasteiger charge is 2.13. The molecule has 2 heterocycles. The number of benzene rings is 1. The number of aromatic nitrogens is 3. The van der Waals surface area contributed by atoms with Crippen molar-refractivity contribution >= 4 is 19.1 Å². The van der Waals surface area contributed by atoms with E-state index in [1.54, 1.807) is 0 Å². The Bertz CT molecular complexity index is 892. The molecule has 2 aromatic heterocycles. The molecule has 0 spiro atoms. The highest BCUT2D eigenvalue weighted by molar-refractivity contribution is 6.83. The number of hydrogen-bond acceptors (Lipinski definition) is 2. The van der Waals surface area contributed by atoms with Crippen molar-refractivity contribution < 1.29 is 0 Å². The van der Waals surface area contributed by atoms with Crippen molar-refractivity contribution in [2.45, 2.75) is 19.6 Å². The van der Waals surface area contributed by atoms with E-state index in [2.05, 4.69) is 41.7 Å². The SMILES string of the molecule is Cn1cccc1-c1nc2ccccc2nc1C#C[Si](C)(C)C. The predicted octanol–water partition coefficient (Wildman–Crippen LogP) is 3.86. The zero-order chi connectivity index (χ0) is 15.7. The number of fused-ring (bicyclic) bond motifs is 1.